The summed E-state index contributed by atoms with van der Waals surface area (Å²) in [4.78, 5) is 27.6. The molecule has 2 amide bonds. The molecule has 0 atom stereocenters. The molecule has 20 heavy (non-hydrogen) atoms. The number of likely N-dealkylation sites (tertiary alicyclic amines) is 1. The Kier molecular flexibility index (Phi) is 6.90. The van der Waals surface area contributed by atoms with Crippen molar-refractivity contribution >= 4 is 11.8 Å². The van der Waals surface area contributed by atoms with E-state index >= 15 is 0 Å². The zero-order chi connectivity index (χ0) is 15.1. The Morgan fingerprint density at radius 2 is 1.85 bits per heavy atom. The van der Waals surface area contributed by atoms with Crippen LogP contribution in [0.5, 0.6) is 0 Å². The topological polar surface area (TPSA) is 71.1 Å². The Labute approximate surface area is 120 Å². The molecule has 0 aromatic heterocycles. The van der Waals surface area contributed by atoms with Crippen molar-refractivity contribution in [3.8, 4) is 0 Å². The average Bonchev–Trinajstić information content (AvgIpc) is 2.47. The molecule has 0 spiro atoms. The van der Waals surface area contributed by atoms with Gasteiger partial charge in [0.2, 0.25) is 0 Å². The third-order valence-electron chi connectivity index (χ3n) is 3.71. The van der Waals surface area contributed by atoms with Crippen LogP contribution >= 0.6 is 0 Å². The van der Waals surface area contributed by atoms with Gasteiger partial charge in [0.15, 0.2) is 6.29 Å². The number of methoxy groups -OCH3 is 2. The Hall–Kier alpha value is -1.18. The lowest BCUT2D eigenvalue weighted by Gasteiger charge is -2.34. The maximum atomic E-state index is 12.0. The van der Waals surface area contributed by atoms with Gasteiger partial charge in [-0.1, -0.05) is 0 Å². The van der Waals surface area contributed by atoms with E-state index in [9.17, 15) is 9.59 Å². The van der Waals surface area contributed by atoms with Crippen LogP contribution in [0.3, 0.4) is 0 Å². The van der Waals surface area contributed by atoms with Gasteiger partial charge in [0.05, 0.1) is 6.54 Å². The van der Waals surface area contributed by atoms with E-state index in [1.807, 2.05) is 0 Å². The maximum absolute atomic E-state index is 12.0. The van der Waals surface area contributed by atoms with E-state index in [4.69, 9.17) is 9.47 Å². The predicted octanol–water partition coefficient (Wildman–Crippen LogP) is -0.726. The molecule has 0 unspecified atom stereocenters. The molecule has 0 radical (unpaired) electrons. The van der Waals surface area contributed by atoms with Crippen LogP contribution in [0.2, 0.25) is 0 Å². The van der Waals surface area contributed by atoms with Crippen molar-refractivity contribution in [1.29, 1.82) is 0 Å². The summed E-state index contributed by atoms with van der Waals surface area (Å²) in [5, 5.41) is 2.52. The van der Waals surface area contributed by atoms with Gasteiger partial charge in [-0.05, 0) is 33.0 Å². The van der Waals surface area contributed by atoms with E-state index in [0.29, 0.717) is 0 Å². The minimum Gasteiger partial charge on any atom is -0.354 e. The van der Waals surface area contributed by atoms with Crippen LogP contribution in [0.25, 0.3) is 0 Å². The lowest BCUT2D eigenvalue weighted by atomic mass is 10.0. The molecular weight excluding hydrogens is 262 g/mol. The highest BCUT2D eigenvalue weighted by molar-refractivity contribution is 6.35. The summed E-state index contributed by atoms with van der Waals surface area (Å²) >= 11 is 0. The number of carbonyl (C=O) groups is 2. The van der Waals surface area contributed by atoms with Gasteiger partial charge in [-0.3, -0.25) is 9.59 Å². The molecule has 1 aliphatic heterocycles. The molecular formula is C13H25N3O4. The molecule has 1 rings (SSSR count). The van der Waals surface area contributed by atoms with Gasteiger partial charge >= 0.3 is 11.8 Å². The molecule has 116 valence electrons. The summed E-state index contributed by atoms with van der Waals surface area (Å²) in [6.07, 6.45) is 1.25. The van der Waals surface area contributed by atoms with E-state index in [1.165, 1.54) is 19.1 Å². The van der Waals surface area contributed by atoms with Gasteiger partial charge in [-0.15, -0.1) is 0 Å². The first-order valence-electron chi connectivity index (χ1n) is 6.78. The third-order valence-corrected chi connectivity index (χ3v) is 3.71. The zero-order valence-electron chi connectivity index (χ0n) is 12.7. The number of hydrogen-bond acceptors (Lipinski definition) is 5. The van der Waals surface area contributed by atoms with Crippen molar-refractivity contribution in [1.82, 2.24) is 15.1 Å². The van der Waals surface area contributed by atoms with Crippen molar-refractivity contribution in [2.45, 2.75) is 25.2 Å². The van der Waals surface area contributed by atoms with Crippen LogP contribution in [-0.2, 0) is 19.1 Å². The Morgan fingerprint density at radius 3 is 2.35 bits per heavy atom. The fraction of sp³-hybridized carbons (Fsp3) is 0.846. The van der Waals surface area contributed by atoms with Gasteiger partial charge in [-0.2, -0.15) is 0 Å². The maximum Gasteiger partial charge on any atom is 0.311 e. The highest BCUT2D eigenvalue weighted by Crippen LogP contribution is 2.14. The second-order valence-corrected chi connectivity index (χ2v) is 5.06. The minimum atomic E-state index is -0.620. The lowest BCUT2D eigenvalue weighted by Crippen LogP contribution is -2.50. The largest absolute Gasteiger partial charge is 0.354 e. The van der Waals surface area contributed by atoms with Crippen LogP contribution in [0, 0.1) is 0 Å². The highest BCUT2D eigenvalue weighted by Gasteiger charge is 2.27. The van der Waals surface area contributed by atoms with Crippen molar-refractivity contribution in [3.05, 3.63) is 0 Å². The van der Waals surface area contributed by atoms with Gasteiger partial charge in [0, 0.05) is 27.3 Å². The molecule has 0 aromatic rings. The average molecular weight is 287 g/mol. The fourth-order valence-electron chi connectivity index (χ4n) is 2.22. The standard InChI is InChI=1S/C13H25N3O4/c1-15-7-5-10(6-8-15)16(2)13(18)12(17)14-9-11(19-3)20-4/h10-11H,5-9H2,1-4H3,(H,14,17). The van der Waals surface area contributed by atoms with E-state index in [0.717, 1.165) is 25.9 Å². The molecule has 1 fully saturated rings. The van der Waals surface area contributed by atoms with Crippen LogP contribution in [-0.4, -0.2) is 81.9 Å². The Morgan fingerprint density at radius 1 is 1.30 bits per heavy atom. The summed E-state index contributed by atoms with van der Waals surface area (Å²) in [5.74, 6) is -1.13. The van der Waals surface area contributed by atoms with Crippen molar-refractivity contribution < 1.29 is 19.1 Å². The summed E-state index contributed by atoms with van der Waals surface area (Å²) in [6.45, 7) is 2.04. The monoisotopic (exact) mass is 287 g/mol. The second-order valence-electron chi connectivity index (χ2n) is 5.06. The second kappa shape index (κ2) is 8.18. The first-order valence-corrected chi connectivity index (χ1v) is 6.78. The van der Waals surface area contributed by atoms with Gasteiger partial charge in [0.25, 0.3) is 0 Å². The van der Waals surface area contributed by atoms with E-state index in [2.05, 4.69) is 17.3 Å². The molecule has 7 nitrogen and oxygen atoms in total. The SMILES string of the molecule is COC(CNC(=O)C(=O)N(C)C1CCN(C)CC1)OC. The number of likely N-dealkylation sites (N-methyl/N-ethyl adjacent to an activating group) is 1. The Balaban J connectivity index is 2.41. The smallest absolute Gasteiger partial charge is 0.311 e. The summed E-state index contributed by atoms with van der Waals surface area (Å²) in [7, 11) is 6.70. The number of piperidine rings is 1. The minimum absolute atomic E-state index is 0.130. The van der Waals surface area contributed by atoms with Crippen molar-refractivity contribution in [3.63, 3.8) is 0 Å². The van der Waals surface area contributed by atoms with Crippen molar-refractivity contribution in [2.75, 3.05) is 47.9 Å². The number of nitrogens with zero attached hydrogens (tertiary/aromatic N) is 2. The number of ether oxygens (including phenoxy) is 2. The number of rotatable bonds is 5. The Bertz CT molecular complexity index is 326. The molecule has 0 saturated carbocycles. The molecule has 0 bridgehead atoms. The normalized spacial score (nSPS) is 17.2. The first kappa shape index (κ1) is 16.9. The van der Waals surface area contributed by atoms with Gasteiger partial charge in [-0.25, -0.2) is 0 Å². The van der Waals surface area contributed by atoms with Crippen LogP contribution in [0.4, 0.5) is 0 Å². The number of nitrogens with one attached hydrogen (secondary N) is 1. The van der Waals surface area contributed by atoms with E-state index in [1.54, 1.807) is 7.05 Å². The molecule has 7 heteroatoms. The molecule has 0 aliphatic carbocycles. The third kappa shape index (κ3) is 4.73. The van der Waals surface area contributed by atoms with Gasteiger partial charge < -0.3 is 24.6 Å². The fourth-order valence-corrected chi connectivity index (χ4v) is 2.22. The quantitative estimate of drug-likeness (QED) is 0.533. The summed E-state index contributed by atoms with van der Waals surface area (Å²) < 4.78 is 9.90. The molecule has 1 aliphatic rings. The number of amides is 2. The number of hydrogen-bond donors (Lipinski definition) is 1. The number of carbonyl (C=O) groups excluding carboxylic acids is 2. The van der Waals surface area contributed by atoms with Crippen molar-refractivity contribution in [2.24, 2.45) is 0 Å². The van der Waals surface area contributed by atoms with Gasteiger partial charge in [0.1, 0.15) is 0 Å². The highest BCUT2D eigenvalue weighted by atomic mass is 16.7. The van der Waals surface area contributed by atoms with Crippen LogP contribution < -0.4 is 5.32 Å². The summed E-state index contributed by atoms with van der Waals surface area (Å²) in [5.41, 5.74) is 0. The summed E-state index contributed by atoms with van der Waals surface area (Å²) in [6, 6.07) is 0.130. The van der Waals surface area contributed by atoms with E-state index < -0.39 is 18.1 Å². The molecule has 1 saturated heterocycles. The predicted molar refractivity (Wildman–Crippen MR) is 74.1 cm³/mol. The van der Waals surface area contributed by atoms with Crippen LogP contribution in [0.15, 0.2) is 0 Å². The molecule has 1 heterocycles. The molecule has 0 aromatic carbocycles. The lowest BCUT2D eigenvalue weighted by molar-refractivity contribution is -0.148. The first-order chi connectivity index (χ1) is 9.49. The van der Waals surface area contributed by atoms with E-state index in [-0.39, 0.29) is 12.6 Å². The van der Waals surface area contributed by atoms with Crippen LogP contribution in [0.1, 0.15) is 12.8 Å². The zero-order valence-corrected chi connectivity index (χ0v) is 12.7. The molecule has 1 N–H and O–H groups in total.